The maximum atomic E-state index is 3.40. The van der Waals surface area contributed by atoms with Crippen molar-refractivity contribution in [3.05, 3.63) is 71.8 Å². The van der Waals surface area contributed by atoms with Crippen molar-refractivity contribution in [2.24, 2.45) is 35.5 Å². The maximum Gasteiger partial charge on any atom is 0.00860 e. The van der Waals surface area contributed by atoms with E-state index in [4.69, 9.17) is 0 Å². The van der Waals surface area contributed by atoms with Crippen molar-refractivity contribution in [1.82, 2.24) is 9.97 Å². The van der Waals surface area contributed by atoms with Crippen molar-refractivity contribution in [3.8, 4) is 0 Å². The van der Waals surface area contributed by atoms with Crippen molar-refractivity contribution in [2.45, 2.75) is 126 Å². The zero-order chi connectivity index (χ0) is 29.7. The molecule has 234 valence electrons. The van der Waals surface area contributed by atoms with E-state index in [0.29, 0.717) is 10.3 Å². The molecule has 0 amide bonds. The Morgan fingerprint density at radius 2 is 1.07 bits per heavy atom. The molecule has 0 atom stereocenters. The van der Waals surface area contributed by atoms with Gasteiger partial charge in [-0.1, -0.05) is 46.9 Å². The number of aromatic amines is 2. The molecule has 0 unspecified atom stereocenters. The Labute approximate surface area is 268 Å². The lowest BCUT2D eigenvalue weighted by molar-refractivity contribution is 0.0184. The average molecular weight is 625 g/mol. The lowest BCUT2D eigenvalue weighted by Crippen LogP contribution is -2.56. The van der Waals surface area contributed by atoms with Crippen LogP contribution in [0.4, 0.5) is 0 Å². The van der Waals surface area contributed by atoms with Gasteiger partial charge in [0.05, 0.1) is 0 Å². The molecule has 4 heteroatoms. The predicted molar refractivity (Wildman–Crippen MR) is 189 cm³/mol. The van der Waals surface area contributed by atoms with Crippen LogP contribution in [0.5, 0.6) is 0 Å². The quantitative estimate of drug-likeness (QED) is 0.234. The zero-order valence-corrected chi connectivity index (χ0v) is 29.2. The molecule has 8 bridgehead atoms. The Balaban J connectivity index is 1.14. The van der Waals surface area contributed by atoms with Gasteiger partial charge in [-0.3, -0.25) is 0 Å². The van der Waals surface area contributed by atoms with Gasteiger partial charge in [0, 0.05) is 30.9 Å². The van der Waals surface area contributed by atoms with E-state index in [9.17, 15) is 0 Å². The molecule has 0 radical (unpaired) electrons. The van der Waals surface area contributed by atoms with Crippen LogP contribution in [-0.2, 0) is 17.7 Å². The molecule has 1 aromatic carbocycles. The molecule has 2 aromatic heterocycles. The highest BCUT2D eigenvalue weighted by Gasteiger charge is 2.62. The van der Waals surface area contributed by atoms with Crippen LogP contribution in [0.15, 0.2) is 55.1 Å². The summed E-state index contributed by atoms with van der Waals surface area (Å²) in [5, 5.41) is 4.33. The summed E-state index contributed by atoms with van der Waals surface area (Å²) in [6.07, 6.45) is 30.4. The SMILES string of the molecule is CC(C)(C)c1ccc(CP(C23CC4CC(CC(C4)C2)C3)C23CC4CC(CC(C4)C2)C3)c(CP(c2cc[nH]c2)c2cc[nH]c2)c1. The second kappa shape index (κ2) is 10.6. The summed E-state index contributed by atoms with van der Waals surface area (Å²) in [6, 6.07) is 12.6. The molecule has 0 saturated heterocycles. The summed E-state index contributed by atoms with van der Waals surface area (Å²) in [5.41, 5.74) is 5.10. The highest BCUT2D eigenvalue weighted by Crippen LogP contribution is 2.79. The maximum absolute atomic E-state index is 3.40. The van der Waals surface area contributed by atoms with Gasteiger partial charge in [-0.15, -0.1) is 0 Å². The highest BCUT2D eigenvalue weighted by atomic mass is 31.1. The number of rotatable bonds is 8. The fourth-order valence-corrected chi connectivity index (χ4v) is 20.1. The molecule has 2 N–H and O–H groups in total. The van der Waals surface area contributed by atoms with Gasteiger partial charge in [-0.25, -0.2) is 0 Å². The molecule has 0 aliphatic heterocycles. The van der Waals surface area contributed by atoms with Crippen LogP contribution in [-0.4, -0.2) is 20.3 Å². The molecule has 0 spiro atoms. The van der Waals surface area contributed by atoms with E-state index in [1.54, 1.807) is 88.2 Å². The monoisotopic (exact) mass is 624 g/mol. The Morgan fingerprint density at radius 3 is 1.45 bits per heavy atom. The summed E-state index contributed by atoms with van der Waals surface area (Å²) in [6.45, 7) is 7.22. The van der Waals surface area contributed by atoms with E-state index < -0.39 is 7.92 Å². The minimum Gasteiger partial charge on any atom is -0.367 e. The first-order valence-corrected chi connectivity index (χ1v) is 21.2. The molecule has 2 nitrogen and oxygen atoms in total. The average Bonchev–Trinajstić information content (AvgIpc) is 3.68. The minimum atomic E-state index is -0.452. The molecular weight excluding hydrogens is 570 g/mol. The Hall–Kier alpha value is -1.36. The largest absolute Gasteiger partial charge is 0.367 e. The molecule has 3 aromatic rings. The number of nitrogens with one attached hydrogen (secondary N) is 2. The first kappa shape index (κ1) is 28.8. The molecule has 8 saturated carbocycles. The van der Waals surface area contributed by atoms with Crippen LogP contribution in [0.1, 0.15) is 115 Å². The van der Waals surface area contributed by atoms with Gasteiger partial charge >= 0.3 is 0 Å². The molecule has 8 aliphatic carbocycles. The first-order valence-electron chi connectivity index (χ1n) is 18.2. The third kappa shape index (κ3) is 4.94. The minimum absolute atomic E-state index is 0.0592. The van der Waals surface area contributed by atoms with Crippen LogP contribution in [0, 0.1) is 35.5 Å². The summed E-state index contributed by atoms with van der Waals surface area (Å²) in [4.78, 5) is 6.80. The Bertz CT molecular complexity index is 1330. The van der Waals surface area contributed by atoms with Crippen molar-refractivity contribution in [3.63, 3.8) is 0 Å². The fourth-order valence-electron chi connectivity index (χ4n) is 12.7. The Morgan fingerprint density at radius 1 is 0.614 bits per heavy atom. The predicted octanol–water partition coefficient (Wildman–Crippen LogP) is 10.2. The van der Waals surface area contributed by atoms with Crippen LogP contribution >= 0.6 is 15.8 Å². The van der Waals surface area contributed by atoms with Gasteiger partial charge in [-0.05, 0) is 182 Å². The third-order valence-electron chi connectivity index (χ3n) is 13.7. The topological polar surface area (TPSA) is 31.6 Å². The van der Waals surface area contributed by atoms with Crippen LogP contribution in [0.3, 0.4) is 0 Å². The van der Waals surface area contributed by atoms with Gasteiger partial charge in [0.1, 0.15) is 0 Å². The molecule has 8 fully saturated rings. The first-order chi connectivity index (χ1) is 21.2. The summed E-state index contributed by atoms with van der Waals surface area (Å²) >= 11 is 0. The smallest absolute Gasteiger partial charge is 0.00860 e. The van der Waals surface area contributed by atoms with Crippen molar-refractivity contribution in [2.75, 3.05) is 0 Å². The number of benzene rings is 1. The van der Waals surface area contributed by atoms with E-state index in [1.165, 1.54) is 22.3 Å². The van der Waals surface area contributed by atoms with E-state index in [-0.39, 0.29) is 13.3 Å². The lowest BCUT2D eigenvalue weighted by Gasteiger charge is -2.67. The van der Waals surface area contributed by atoms with E-state index in [1.807, 2.05) is 0 Å². The third-order valence-corrected chi connectivity index (χ3v) is 20.2. The number of hydrogen-bond donors (Lipinski definition) is 2. The van der Waals surface area contributed by atoms with Gasteiger partial charge in [-0.2, -0.15) is 0 Å². The molecule has 11 rings (SSSR count). The lowest BCUT2D eigenvalue weighted by atomic mass is 9.55. The van der Waals surface area contributed by atoms with Crippen molar-refractivity contribution in [1.29, 1.82) is 0 Å². The van der Waals surface area contributed by atoms with Gasteiger partial charge in [0.25, 0.3) is 0 Å². The second-order valence-electron chi connectivity index (χ2n) is 17.8. The molecule has 2 heterocycles. The number of hydrogen-bond acceptors (Lipinski definition) is 0. The normalized spacial score (nSPS) is 37.7. The number of H-pyrrole nitrogens is 2. The van der Waals surface area contributed by atoms with Crippen LogP contribution in [0.2, 0.25) is 0 Å². The molecular formula is C40H54N2P2. The number of aromatic nitrogens is 2. The van der Waals surface area contributed by atoms with Gasteiger partial charge < -0.3 is 9.97 Å². The molecule has 8 aliphatic rings. The van der Waals surface area contributed by atoms with E-state index >= 15 is 0 Å². The fraction of sp³-hybridized carbons (Fsp3) is 0.650. The molecule has 44 heavy (non-hydrogen) atoms. The van der Waals surface area contributed by atoms with Crippen molar-refractivity contribution < 1.29 is 0 Å². The summed E-state index contributed by atoms with van der Waals surface area (Å²) in [7, 11) is -0.511. The van der Waals surface area contributed by atoms with E-state index in [2.05, 4.69) is 85.9 Å². The highest BCUT2D eigenvalue weighted by molar-refractivity contribution is 7.72. The van der Waals surface area contributed by atoms with Crippen LogP contribution in [0.25, 0.3) is 0 Å². The van der Waals surface area contributed by atoms with Crippen LogP contribution < -0.4 is 10.6 Å². The zero-order valence-electron chi connectivity index (χ0n) is 27.5. The summed E-state index contributed by atoms with van der Waals surface area (Å²) in [5.74, 6) is 6.32. The summed E-state index contributed by atoms with van der Waals surface area (Å²) < 4.78 is 0. The Kier molecular flexibility index (Phi) is 6.93. The van der Waals surface area contributed by atoms with Crippen molar-refractivity contribution >= 4 is 26.5 Å². The second-order valence-corrected chi connectivity index (χ2v) is 23.1. The van der Waals surface area contributed by atoms with Gasteiger partial charge in [0.15, 0.2) is 0 Å². The standard InChI is InChI=1S/C40H54N2P2/c1-38(2,3)35-5-4-33(34(16-35)25-43(36-6-8-41-23-36)37-7-9-42-24-37)26-44(39-17-27-10-28(18-39)12-29(11-27)19-39)40-20-30-13-31(21-40)15-32(14-30)22-40/h4-9,16,23-24,27-32,41-42H,10-15,17-22,25-26H2,1-3H3. The van der Waals surface area contributed by atoms with E-state index in [0.717, 1.165) is 41.7 Å². The van der Waals surface area contributed by atoms with Gasteiger partial charge in [0.2, 0.25) is 0 Å².